The zero-order chi connectivity index (χ0) is 14.3. The molecule has 2 aromatic rings. The van der Waals surface area contributed by atoms with E-state index < -0.39 is 5.97 Å². The molecule has 6 nitrogen and oxygen atoms in total. The first-order chi connectivity index (χ1) is 9.58. The lowest BCUT2D eigenvalue weighted by atomic mass is 10.0. The lowest BCUT2D eigenvalue weighted by Crippen LogP contribution is -2.16. The molecule has 0 bridgehead atoms. The summed E-state index contributed by atoms with van der Waals surface area (Å²) in [7, 11) is 0. The topological polar surface area (TPSA) is 84.4 Å². The molecular weight excluding hydrogens is 328 g/mol. The summed E-state index contributed by atoms with van der Waals surface area (Å²) in [5, 5.41) is 15.5. The van der Waals surface area contributed by atoms with Gasteiger partial charge in [0, 0.05) is 11.1 Å². The number of carboxylic acid groups (broad SMARTS) is 1. The van der Waals surface area contributed by atoms with Crippen molar-refractivity contribution < 1.29 is 19.4 Å². The predicted octanol–water partition coefficient (Wildman–Crippen LogP) is 2.62. The first-order valence-electron chi connectivity index (χ1n) is 5.95. The van der Waals surface area contributed by atoms with Gasteiger partial charge in [0.2, 0.25) is 0 Å². The number of aromatic nitrogens is 2. The predicted molar refractivity (Wildman–Crippen MR) is 74.4 cm³/mol. The lowest BCUT2D eigenvalue weighted by Gasteiger charge is -2.22. The molecule has 1 aliphatic rings. The van der Waals surface area contributed by atoms with Crippen LogP contribution < -0.4 is 9.47 Å². The first kappa shape index (κ1) is 13.0. The van der Waals surface area contributed by atoms with E-state index in [1.165, 1.54) is 6.07 Å². The van der Waals surface area contributed by atoms with Gasteiger partial charge in [-0.05, 0) is 35.0 Å². The summed E-state index contributed by atoms with van der Waals surface area (Å²) in [6, 6.07) is 3.35. The average Bonchev–Trinajstić information content (AvgIpc) is 2.93. The van der Waals surface area contributed by atoms with Gasteiger partial charge in [0.15, 0.2) is 11.5 Å². The highest BCUT2D eigenvalue weighted by Gasteiger charge is 2.22. The fraction of sp³-hybridized carbons (Fsp3) is 0.231. The summed E-state index contributed by atoms with van der Waals surface area (Å²) in [6.45, 7) is 2.89. The van der Waals surface area contributed by atoms with Gasteiger partial charge < -0.3 is 14.6 Å². The second kappa shape index (κ2) is 4.82. The van der Waals surface area contributed by atoms with Crippen LogP contribution in [0.15, 0.2) is 16.6 Å². The molecule has 0 unspecified atom stereocenters. The van der Waals surface area contributed by atoms with Crippen LogP contribution in [-0.2, 0) is 0 Å². The number of fused-ring (bicyclic) bond motifs is 1. The van der Waals surface area contributed by atoms with E-state index in [1.54, 1.807) is 0 Å². The Hall–Kier alpha value is -2.02. The SMILES string of the molecule is Cc1c(-c2cc(C(=O)O)[nH]n2)cc(Br)c2c1OCCO2. The highest BCUT2D eigenvalue weighted by Crippen LogP contribution is 2.44. The van der Waals surface area contributed by atoms with Gasteiger partial charge in [-0.1, -0.05) is 0 Å². The number of carboxylic acids is 1. The van der Waals surface area contributed by atoms with E-state index >= 15 is 0 Å². The molecule has 0 amide bonds. The number of H-pyrrole nitrogens is 1. The molecule has 0 radical (unpaired) electrons. The van der Waals surface area contributed by atoms with Crippen LogP contribution in [0.2, 0.25) is 0 Å². The molecule has 0 spiro atoms. The van der Waals surface area contributed by atoms with Crippen molar-refractivity contribution in [3.05, 3.63) is 27.9 Å². The molecule has 0 aliphatic carbocycles. The molecule has 1 aliphatic heterocycles. The van der Waals surface area contributed by atoms with Gasteiger partial charge in [0.1, 0.15) is 18.9 Å². The number of aromatic carboxylic acids is 1. The van der Waals surface area contributed by atoms with Crippen molar-refractivity contribution in [2.75, 3.05) is 13.2 Å². The number of rotatable bonds is 2. The zero-order valence-corrected chi connectivity index (χ0v) is 12.2. The maximum absolute atomic E-state index is 10.9. The smallest absolute Gasteiger partial charge is 0.353 e. The summed E-state index contributed by atoms with van der Waals surface area (Å²) in [5.74, 6) is 0.296. The van der Waals surface area contributed by atoms with E-state index in [1.807, 2.05) is 13.0 Å². The first-order valence-corrected chi connectivity index (χ1v) is 6.75. The van der Waals surface area contributed by atoms with Crippen LogP contribution in [0.25, 0.3) is 11.3 Å². The van der Waals surface area contributed by atoms with Gasteiger partial charge in [-0.25, -0.2) is 4.79 Å². The molecule has 1 aromatic heterocycles. The summed E-state index contributed by atoms with van der Waals surface area (Å²) in [4.78, 5) is 10.9. The summed E-state index contributed by atoms with van der Waals surface area (Å²) < 4.78 is 12.0. The zero-order valence-electron chi connectivity index (χ0n) is 10.6. The van der Waals surface area contributed by atoms with Gasteiger partial charge >= 0.3 is 5.97 Å². The van der Waals surface area contributed by atoms with Crippen molar-refractivity contribution in [1.82, 2.24) is 10.2 Å². The second-order valence-corrected chi connectivity index (χ2v) is 5.21. The monoisotopic (exact) mass is 338 g/mol. The second-order valence-electron chi connectivity index (χ2n) is 4.36. The summed E-state index contributed by atoms with van der Waals surface area (Å²) >= 11 is 3.44. The summed E-state index contributed by atoms with van der Waals surface area (Å²) in [6.07, 6.45) is 0. The van der Waals surface area contributed by atoms with Crippen LogP contribution in [0.3, 0.4) is 0 Å². The third-order valence-corrected chi connectivity index (χ3v) is 3.69. The van der Waals surface area contributed by atoms with Crippen molar-refractivity contribution in [1.29, 1.82) is 0 Å². The lowest BCUT2D eigenvalue weighted by molar-refractivity contribution is 0.0690. The Bertz CT molecular complexity index is 696. The molecule has 7 heteroatoms. The highest BCUT2D eigenvalue weighted by atomic mass is 79.9. The largest absolute Gasteiger partial charge is 0.486 e. The molecule has 2 heterocycles. The Labute approximate surface area is 122 Å². The third kappa shape index (κ3) is 2.03. The van der Waals surface area contributed by atoms with Crippen molar-refractivity contribution in [3.8, 4) is 22.8 Å². The van der Waals surface area contributed by atoms with Gasteiger partial charge in [0.25, 0.3) is 0 Å². The molecule has 0 atom stereocenters. The van der Waals surface area contributed by atoms with E-state index in [4.69, 9.17) is 14.6 Å². The molecule has 0 fully saturated rings. The van der Waals surface area contributed by atoms with Gasteiger partial charge in [-0.2, -0.15) is 5.10 Å². The molecular formula is C13H11BrN2O4. The van der Waals surface area contributed by atoms with Gasteiger partial charge in [-0.3, -0.25) is 5.10 Å². The third-order valence-electron chi connectivity index (χ3n) is 3.10. The number of hydrogen-bond donors (Lipinski definition) is 2. The van der Waals surface area contributed by atoms with E-state index in [2.05, 4.69) is 26.1 Å². The van der Waals surface area contributed by atoms with E-state index in [0.29, 0.717) is 30.4 Å². The maximum Gasteiger partial charge on any atom is 0.353 e. The average molecular weight is 339 g/mol. The van der Waals surface area contributed by atoms with E-state index in [0.717, 1.165) is 15.6 Å². The normalized spacial score (nSPS) is 13.3. The fourth-order valence-electron chi connectivity index (χ4n) is 2.13. The van der Waals surface area contributed by atoms with Crippen LogP contribution in [0.1, 0.15) is 16.1 Å². The van der Waals surface area contributed by atoms with Gasteiger partial charge in [-0.15, -0.1) is 0 Å². The minimum absolute atomic E-state index is 0.0467. The van der Waals surface area contributed by atoms with Crippen LogP contribution >= 0.6 is 15.9 Å². The van der Waals surface area contributed by atoms with Crippen molar-refractivity contribution in [2.24, 2.45) is 0 Å². The van der Waals surface area contributed by atoms with Crippen molar-refractivity contribution in [3.63, 3.8) is 0 Å². The fourth-order valence-corrected chi connectivity index (χ4v) is 2.66. The number of hydrogen-bond acceptors (Lipinski definition) is 4. The van der Waals surface area contributed by atoms with Crippen LogP contribution in [0.5, 0.6) is 11.5 Å². The number of nitrogens with one attached hydrogen (secondary N) is 1. The quantitative estimate of drug-likeness (QED) is 0.879. The van der Waals surface area contributed by atoms with E-state index in [-0.39, 0.29) is 5.69 Å². The van der Waals surface area contributed by atoms with Crippen LogP contribution in [-0.4, -0.2) is 34.5 Å². The van der Waals surface area contributed by atoms with Crippen molar-refractivity contribution in [2.45, 2.75) is 6.92 Å². The minimum Gasteiger partial charge on any atom is -0.486 e. The highest BCUT2D eigenvalue weighted by molar-refractivity contribution is 9.10. The Morgan fingerprint density at radius 3 is 2.70 bits per heavy atom. The number of carbonyl (C=O) groups is 1. The number of nitrogens with zero attached hydrogens (tertiary/aromatic N) is 1. The molecule has 2 N–H and O–H groups in total. The number of aromatic amines is 1. The van der Waals surface area contributed by atoms with Crippen molar-refractivity contribution >= 4 is 21.9 Å². The Balaban J connectivity index is 2.13. The molecule has 104 valence electrons. The number of ether oxygens (including phenoxy) is 2. The molecule has 20 heavy (non-hydrogen) atoms. The Morgan fingerprint density at radius 1 is 1.35 bits per heavy atom. The minimum atomic E-state index is -1.04. The van der Waals surface area contributed by atoms with Crippen LogP contribution in [0.4, 0.5) is 0 Å². The Morgan fingerprint density at radius 2 is 2.05 bits per heavy atom. The number of benzene rings is 1. The standard InChI is InChI=1S/C13H11BrN2O4/c1-6-7(9-5-10(13(17)18)16-15-9)4-8(14)12-11(6)19-2-3-20-12/h4-5H,2-3H2,1H3,(H,15,16)(H,17,18). The summed E-state index contributed by atoms with van der Waals surface area (Å²) in [5.41, 5.74) is 2.26. The molecule has 1 aromatic carbocycles. The molecule has 0 saturated heterocycles. The van der Waals surface area contributed by atoms with Gasteiger partial charge in [0.05, 0.1) is 10.2 Å². The van der Waals surface area contributed by atoms with E-state index in [9.17, 15) is 4.79 Å². The number of halogens is 1. The maximum atomic E-state index is 10.9. The molecule has 0 saturated carbocycles. The Kier molecular flexibility index (Phi) is 3.13. The molecule has 3 rings (SSSR count). The van der Waals surface area contributed by atoms with Crippen LogP contribution in [0, 0.1) is 6.92 Å².